The van der Waals surface area contributed by atoms with Gasteiger partial charge in [0.05, 0.1) is 13.5 Å². The minimum absolute atomic E-state index is 0.0719. The average Bonchev–Trinajstić information content (AvgIpc) is 3.46. The molecule has 168 valence electrons. The molecule has 1 fully saturated rings. The van der Waals surface area contributed by atoms with Gasteiger partial charge in [0.15, 0.2) is 23.2 Å². The van der Waals surface area contributed by atoms with Gasteiger partial charge in [-0.05, 0) is 42.2 Å². The van der Waals surface area contributed by atoms with Crippen molar-refractivity contribution in [1.29, 1.82) is 0 Å². The first-order valence-electron chi connectivity index (χ1n) is 10.3. The summed E-state index contributed by atoms with van der Waals surface area (Å²) in [5, 5.41) is 18.2. The molecule has 0 spiro atoms. The molecule has 1 aromatic carbocycles. The van der Waals surface area contributed by atoms with Gasteiger partial charge >= 0.3 is 0 Å². The molecule has 0 saturated carbocycles. The molecule has 0 amide bonds. The van der Waals surface area contributed by atoms with Gasteiger partial charge in [0.1, 0.15) is 16.1 Å². The number of benzene rings is 1. The van der Waals surface area contributed by atoms with Crippen LogP contribution in [0, 0.1) is 11.7 Å². The third kappa shape index (κ3) is 5.08. The highest BCUT2D eigenvalue weighted by Gasteiger charge is 2.26. The van der Waals surface area contributed by atoms with Crippen molar-refractivity contribution in [3.8, 4) is 5.75 Å². The number of nitrogens with zero attached hydrogens (tertiary/aromatic N) is 5. The maximum Gasteiger partial charge on any atom is 0.172 e. The van der Waals surface area contributed by atoms with E-state index in [1.54, 1.807) is 6.20 Å². The smallest absolute Gasteiger partial charge is 0.172 e. The Balaban J connectivity index is 1.36. The molecular formula is C22H24FN5O3S. The topological polar surface area (TPSA) is 90.3 Å². The van der Waals surface area contributed by atoms with Gasteiger partial charge in [-0.2, -0.15) is 5.10 Å². The number of anilines is 1. The molecule has 1 aliphatic rings. The molecule has 4 rings (SSSR count). The lowest BCUT2D eigenvalue weighted by molar-refractivity contribution is -0.128. The molecular weight excluding hydrogens is 433 g/mol. The van der Waals surface area contributed by atoms with E-state index in [4.69, 9.17) is 9.47 Å². The minimum atomic E-state index is -0.827. The molecule has 0 unspecified atom stereocenters. The number of aromatic nitrogens is 4. The first-order chi connectivity index (χ1) is 15.6. The number of methoxy groups -OCH3 is 2. The van der Waals surface area contributed by atoms with Crippen LogP contribution in [-0.4, -0.2) is 53.5 Å². The fourth-order valence-electron chi connectivity index (χ4n) is 3.89. The standard InChI is InChI=1S/C22H24FN5O3S/c1-30-18-11-15(5-6-16(18)23)22(31-2)17(29)12-21-27-26-20(32-21)10-14-7-9-28(13-14)19-4-3-8-24-25-19/h3-6,8,11,14,22H,7,9-10,12-13H2,1-2H3/t14-,22-/m0/s1. The average molecular weight is 458 g/mol. The predicted molar refractivity (Wildman–Crippen MR) is 117 cm³/mol. The van der Waals surface area contributed by atoms with Gasteiger partial charge in [0, 0.05) is 32.8 Å². The van der Waals surface area contributed by atoms with E-state index in [1.807, 2.05) is 12.1 Å². The molecule has 0 aliphatic carbocycles. The third-order valence-corrected chi connectivity index (χ3v) is 6.42. The zero-order valence-corrected chi connectivity index (χ0v) is 18.7. The second kappa shape index (κ2) is 10.1. The largest absolute Gasteiger partial charge is 0.494 e. The van der Waals surface area contributed by atoms with Gasteiger partial charge in [-0.1, -0.05) is 6.07 Å². The van der Waals surface area contributed by atoms with Crippen LogP contribution in [-0.2, 0) is 22.4 Å². The molecule has 2 aromatic heterocycles. The van der Waals surface area contributed by atoms with Crippen molar-refractivity contribution < 1.29 is 18.7 Å². The number of ketones is 1. The van der Waals surface area contributed by atoms with Crippen LogP contribution < -0.4 is 9.64 Å². The summed E-state index contributed by atoms with van der Waals surface area (Å²) in [6.45, 7) is 1.83. The lowest BCUT2D eigenvalue weighted by Crippen LogP contribution is -2.21. The number of halogens is 1. The number of ether oxygens (including phenoxy) is 2. The van der Waals surface area contributed by atoms with Crippen molar-refractivity contribution in [3.63, 3.8) is 0 Å². The Kier molecular flexibility index (Phi) is 7.01. The normalized spacial score (nSPS) is 16.8. The maximum absolute atomic E-state index is 13.7. The highest BCUT2D eigenvalue weighted by atomic mass is 32.1. The summed E-state index contributed by atoms with van der Waals surface area (Å²) in [4.78, 5) is 15.1. The fourth-order valence-corrected chi connectivity index (χ4v) is 4.86. The van der Waals surface area contributed by atoms with E-state index in [2.05, 4.69) is 25.3 Å². The van der Waals surface area contributed by atoms with Gasteiger partial charge < -0.3 is 14.4 Å². The molecule has 32 heavy (non-hydrogen) atoms. The monoisotopic (exact) mass is 457 g/mol. The van der Waals surface area contributed by atoms with Crippen molar-refractivity contribution in [2.45, 2.75) is 25.4 Å². The summed E-state index contributed by atoms with van der Waals surface area (Å²) in [6, 6.07) is 8.13. The van der Waals surface area contributed by atoms with E-state index in [0.29, 0.717) is 16.5 Å². The highest BCUT2D eigenvalue weighted by Crippen LogP contribution is 2.28. The zero-order valence-electron chi connectivity index (χ0n) is 17.9. The van der Waals surface area contributed by atoms with Crippen LogP contribution in [0.25, 0.3) is 0 Å². The van der Waals surface area contributed by atoms with Crippen molar-refractivity contribution in [3.05, 3.63) is 57.9 Å². The molecule has 2 atom stereocenters. The van der Waals surface area contributed by atoms with Crippen LogP contribution in [0.5, 0.6) is 5.75 Å². The van der Waals surface area contributed by atoms with E-state index >= 15 is 0 Å². The molecule has 0 N–H and O–H groups in total. The Bertz CT molecular complexity index is 1060. The van der Waals surface area contributed by atoms with E-state index in [9.17, 15) is 9.18 Å². The molecule has 0 bridgehead atoms. The van der Waals surface area contributed by atoms with Crippen LogP contribution in [0.4, 0.5) is 10.2 Å². The van der Waals surface area contributed by atoms with E-state index < -0.39 is 11.9 Å². The van der Waals surface area contributed by atoms with Crippen LogP contribution in [0.3, 0.4) is 0 Å². The van der Waals surface area contributed by atoms with E-state index in [0.717, 1.165) is 36.8 Å². The third-order valence-electron chi connectivity index (χ3n) is 5.47. The van der Waals surface area contributed by atoms with Crippen molar-refractivity contribution >= 4 is 22.9 Å². The molecule has 10 heteroatoms. The Labute approximate surface area is 189 Å². The first-order valence-corrected chi connectivity index (χ1v) is 11.1. The summed E-state index contributed by atoms with van der Waals surface area (Å²) < 4.78 is 24.1. The highest BCUT2D eigenvalue weighted by molar-refractivity contribution is 7.11. The van der Waals surface area contributed by atoms with Crippen LogP contribution in [0.1, 0.15) is 28.1 Å². The van der Waals surface area contributed by atoms with Crippen molar-refractivity contribution in [2.75, 3.05) is 32.2 Å². The molecule has 1 saturated heterocycles. The summed E-state index contributed by atoms with van der Waals surface area (Å²) in [6.07, 6.45) is 2.80. The van der Waals surface area contributed by atoms with Gasteiger partial charge in [-0.3, -0.25) is 4.79 Å². The van der Waals surface area contributed by atoms with Crippen LogP contribution in [0.2, 0.25) is 0 Å². The molecule has 0 radical (unpaired) electrons. The Hall–Kier alpha value is -2.98. The number of Topliss-reactive ketones (excluding diaryl/α,β-unsaturated/α-hetero) is 1. The lowest BCUT2D eigenvalue weighted by Gasteiger charge is -2.16. The minimum Gasteiger partial charge on any atom is -0.494 e. The van der Waals surface area contributed by atoms with E-state index in [-0.39, 0.29) is 18.0 Å². The van der Waals surface area contributed by atoms with Crippen molar-refractivity contribution in [1.82, 2.24) is 20.4 Å². The number of carbonyl (C=O) groups excluding carboxylic acids is 1. The Morgan fingerprint density at radius 3 is 2.84 bits per heavy atom. The molecule has 3 heterocycles. The summed E-state index contributed by atoms with van der Waals surface area (Å²) >= 11 is 1.45. The Morgan fingerprint density at radius 1 is 1.25 bits per heavy atom. The number of hydrogen-bond acceptors (Lipinski definition) is 9. The first kappa shape index (κ1) is 22.2. The summed E-state index contributed by atoms with van der Waals surface area (Å²) in [7, 11) is 2.83. The predicted octanol–water partition coefficient (Wildman–Crippen LogP) is 3.04. The second-order valence-corrected chi connectivity index (χ2v) is 8.78. The molecule has 8 nitrogen and oxygen atoms in total. The van der Waals surface area contributed by atoms with Gasteiger partial charge in [0.25, 0.3) is 0 Å². The van der Waals surface area contributed by atoms with Gasteiger partial charge in [0.2, 0.25) is 0 Å². The number of hydrogen-bond donors (Lipinski definition) is 0. The Morgan fingerprint density at radius 2 is 2.09 bits per heavy atom. The quantitative estimate of drug-likeness (QED) is 0.484. The van der Waals surface area contributed by atoms with E-state index in [1.165, 1.54) is 43.8 Å². The maximum atomic E-state index is 13.7. The van der Waals surface area contributed by atoms with Gasteiger partial charge in [-0.15, -0.1) is 26.6 Å². The van der Waals surface area contributed by atoms with Gasteiger partial charge in [-0.25, -0.2) is 4.39 Å². The zero-order chi connectivity index (χ0) is 22.5. The van der Waals surface area contributed by atoms with Crippen molar-refractivity contribution in [2.24, 2.45) is 5.92 Å². The molecule has 3 aromatic rings. The second-order valence-electron chi connectivity index (χ2n) is 7.63. The van der Waals surface area contributed by atoms with Crippen LogP contribution >= 0.6 is 11.3 Å². The molecule has 1 aliphatic heterocycles. The number of rotatable bonds is 9. The summed E-state index contributed by atoms with van der Waals surface area (Å²) in [5.41, 5.74) is 0.538. The lowest BCUT2D eigenvalue weighted by atomic mass is 10.0. The SMILES string of the molecule is COc1cc([C@H](OC)C(=O)Cc2nnc(C[C@@H]3CCN(c4cccnn4)C3)s2)ccc1F. The fraction of sp³-hybridized carbons (Fsp3) is 0.409. The summed E-state index contributed by atoms with van der Waals surface area (Å²) in [5.74, 6) is 0.756. The number of carbonyl (C=O) groups is 1. The van der Waals surface area contributed by atoms with Crippen LogP contribution in [0.15, 0.2) is 36.5 Å².